The number of anilines is 1. The van der Waals surface area contributed by atoms with E-state index in [4.69, 9.17) is 9.47 Å². The minimum absolute atomic E-state index is 0.255. The average Bonchev–Trinajstić information content (AvgIpc) is 3.10. The number of para-hydroxylation sites is 1. The molecular formula is C19H26N4O3. The summed E-state index contributed by atoms with van der Waals surface area (Å²) >= 11 is 0. The van der Waals surface area contributed by atoms with Crippen LogP contribution in [-0.4, -0.2) is 60.1 Å². The van der Waals surface area contributed by atoms with Crippen molar-refractivity contribution in [3.05, 3.63) is 30.5 Å². The first-order chi connectivity index (χ1) is 12.4. The zero-order chi connectivity index (χ0) is 18.7. The van der Waals surface area contributed by atoms with E-state index in [0.29, 0.717) is 13.1 Å². The van der Waals surface area contributed by atoms with Crippen molar-refractivity contribution in [2.75, 3.05) is 38.2 Å². The lowest BCUT2D eigenvalue weighted by molar-refractivity contribution is 0.0240. The Bertz CT molecular complexity index is 758. The Labute approximate surface area is 153 Å². The Hall–Kier alpha value is -2.70. The van der Waals surface area contributed by atoms with Gasteiger partial charge in [0, 0.05) is 31.7 Å². The van der Waals surface area contributed by atoms with Gasteiger partial charge in [-0.2, -0.15) is 5.10 Å². The number of piperazine rings is 1. The van der Waals surface area contributed by atoms with E-state index in [9.17, 15) is 4.79 Å². The van der Waals surface area contributed by atoms with E-state index in [-0.39, 0.29) is 6.09 Å². The molecule has 1 saturated heterocycles. The molecule has 0 atom stereocenters. The zero-order valence-corrected chi connectivity index (χ0v) is 15.8. The third-order valence-corrected chi connectivity index (χ3v) is 4.27. The predicted octanol–water partition coefficient (Wildman–Crippen LogP) is 3.14. The number of carbonyl (C=O) groups excluding carboxylic acids is 1. The second-order valence-corrected chi connectivity index (χ2v) is 7.28. The molecule has 0 bridgehead atoms. The van der Waals surface area contributed by atoms with Crippen LogP contribution in [0.25, 0.3) is 11.3 Å². The van der Waals surface area contributed by atoms with Gasteiger partial charge in [-0.1, -0.05) is 12.1 Å². The highest BCUT2D eigenvalue weighted by Gasteiger charge is 2.27. The van der Waals surface area contributed by atoms with E-state index in [1.54, 1.807) is 12.0 Å². The minimum atomic E-state index is -0.476. The van der Waals surface area contributed by atoms with E-state index >= 15 is 0 Å². The molecule has 2 heterocycles. The van der Waals surface area contributed by atoms with Crippen LogP contribution in [0.15, 0.2) is 30.5 Å². The molecule has 7 heteroatoms. The summed E-state index contributed by atoms with van der Waals surface area (Å²) in [4.78, 5) is 16.2. The van der Waals surface area contributed by atoms with Gasteiger partial charge in [0.05, 0.1) is 24.7 Å². The van der Waals surface area contributed by atoms with Gasteiger partial charge in [0.25, 0.3) is 0 Å². The van der Waals surface area contributed by atoms with Crippen LogP contribution in [0.5, 0.6) is 5.75 Å². The largest absolute Gasteiger partial charge is 0.496 e. The van der Waals surface area contributed by atoms with Gasteiger partial charge in [-0.25, -0.2) is 4.79 Å². The molecular weight excluding hydrogens is 332 g/mol. The summed E-state index contributed by atoms with van der Waals surface area (Å²) in [7, 11) is 1.66. The normalized spacial score (nSPS) is 15.1. The SMILES string of the molecule is COc1ccccc1-c1[nH]ncc1N1CCN(C(=O)OC(C)(C)C)CC1. The van der Waals surface area contributed by atoms with Crippen LogP contribution in [-0.2, 0) is 4.74 Å². The van der Waals surface area contributed by atoms with Crippen molar-refractivity contribution >= 4 is 11.8 Å². The Kier molecular flexibility index (Phi) is 5.06. The van der Waals surface area contributed by atoms with Gasteiger partial charge in [-0.05, 0) is 32.9 Å². The molecule has 1 aromatic heterocycles. The van der Waals surface area contributed by atoms with Crippen molar-refractivity contribution in [1.82, 2.24) is 15.1 Å². The first-order valence-corrected chi connectivity index (χ1v) is 8.78. The van der Waals surface area contributed by atoms with Crippen LogP contribution in [0.1, 0.15) is 20.8 Å². The van der Waals surface area contributed by atoms with Gasteiger partial charge in [0.2, 0.25) is 0 Å². The van der Waals surface area contributed by atoms with Crippen molar-refractivity contribution < 1.29 is 14.3 Å². The number of H-pyrrole nitrogens is 1. The molecule has 1 aliphatic heterocycles. The number of carbonyl (C=O) groups is 1. The average molecular weight is 358 g/mol. The molecule has 1 amide bonds. The van der Waals surface area contributed by atoms with Gasteiger partial charge >= 0.3 is 6.09 Å². The van der Waals surface area contributed by atoms with Crippen molar-refractivity contribution in [2.45, 2.75) is 26.4 Å². The molecule has 0 aliphatic carbocycles. The highest BCUT2D eigenvalue weighted by molar-refractivity contribution is 5.79. The van der Waals surface area contributed by atoms with E-state index in [0.717, 1.165) is 35.8 Å². The van der Waals surface area contributed by atoms with Gasteiger partial charge in [0.15, 0.2) is 0 Å². The number of rotatable bonds is 3. The first kappa shape index (κ1) is 18.1. The highest BCUT2D eigenvalue weighted by atomic mass is 16.6. The number of hydrogen-bond donors (Lipinski definition) is 1. The van der Waals surface area contributed by atoms with E-state index in [1.165, 1.54) is 0 Å². The number of aromatic amines is 1. The molecule has 7 nitrogen and oxygen atoms in total. The monoisotopic (exact) mass is 358 g/mol. The fourth-order valence-electron chi connectivity index (χ4n) is 3.03. The van der Waals surface area contributed by atoms with E-state index in [2.05, 4.69) is 15.1 Å². The summed E-state index contributed by atoms with van der Waals surface area (Å²) in [6.07, 6.45) is 1.57. The lowest BCUT2D eigenvalue weighted by Crippen LogP contribution is -2.50. The number of nitrogens with one attached hydrogen (secondary N) is 1. The lowest BCUT2D eigenvalue weighted by Gasteiger charge is -2.36. The van der Waals surface area contributed by atoms with Crippen molar-refractivity contribution in [1.29, 1.82) is 0 Å². The molecule has 0 unspecified atom stereocenters. The third kappa shape index (κ3) is 3.92. The van der Waals surface area contributed by atoms with Crippen LogP contribution in [0.3, 0.4) is 0 Å². The van der Waals surface area contributed by atoms with E-state index in [1.807, 2.05) is 51.2 Å². The van der Waals surface area contributed by atoms with Crippen LogP contribution < -0.4 is 9.64 Å². The molecule has 1 fully saturated rings. The number of aromatic nitrogens is 2. The number of methoxy groups -OCH3 is 1. The number of amides is 1. The van der Waals surface area contributed by atoms with Gasteiger partial charge in [-0.15, -0.1) is 0 Å². The maximum Gasteiger partial charge on any atom is 0.410 e. The number of ether oxygens (including phenoxy) is 2. The molecule has 1 N–H and O–H groups in total. The molecule has 2 aromatic rings. The summed E-state index contributed by atoms with van der Waals surface area (Å²) in [6.45, 7) is 8.32. The Morgan fingerprint density at radius 1 is 1.15 bits per heavy atom. The molecule has 1 aromatic carbocycles. The maximum absolute atomic E-state index is 12.2. The number of benzene rings is 1. The summed E-state index contributed by atoms with van der Waals surface area (Å²) in [6, 6.07) is 7.86. The van der Waals surface area contributed by atoms with Gasteiger partial charge in [-0.3, -0.25) is 5.10 Å². The van der Waals surface area contributed by atoms with E-state index < -0.39 is 5.60 Å². The summed E-state index contributed by atoms with van der Waals surface area (Å²) in [5.41, 5.74) is 2.43. The summed E-state index contributed by atoms with van der Waals surface area (Å²) in [5.74, 6) is 0.797. The molecule has 1 aliphatic rings. The van der Waals surface area contributed by atoms with Crippen LogP contribution in [0, 0.1) is 0 Å². The topological polar surface area (TPSA) is 70.7 Å². The molecule has 0 spiro atoms. The minimum Gasteiger partial charge on any atom is -0.496 e. The summed E-state index contributed by atoms with van der Waals surface area (Å²) in [5, 5.41) is 7.31. The fraction of sp³-hybridized carbons (Fsp3) is 0.474. The zero-order valence-electron chi connectivity index (χ0n) is 15.8. The van der Waals surface area contributed by atoms with Crippen LogP contribution in [0.2, 0.25) is 0 Å². The summed E-state index contributed by atoms with van der Waals surface area (Å²) < 4.78 is 10.9. The van der Waals surface area contributed by atoms with Crippen LogP contribution >= 0.6 is 0 Å². The molecule has 0 saturated carbocycles. The Morgan fingerprint density at radius 3 is 2.50 bits per heavy atom. The molecule has 3 rings (SSSR count). The quantitative estimate of drug-likeness (QED) is 0.913. The molecule has 140 valence electrons. The van der Waals surface area contributed by atoms with Crippen LogP contribution in [0.4, 0.5) is 10.5 Å². The second kappa shape index (κ2) is 7.27. The van der Waals surface area contributed by atoms with Crippen molar-refractivity contribution in [3.63, 3.8) is 0 Å². The molecule has 26 heavy (non-hydrogen) atoms. The van der Waals surface area contributed by atoms with Crippen molar-refractivity contribution in [2.24, 2.45) is 0 Å². The predicted molar refractivity (Wildman–Crippen MR) is 101 cm³/mol. The number of nitrogens with zero attached hydrogens (tertiary/aromatic N) is 3. The smallest absolute Gasteiger partial charge is 0.410 e. The van der Waals surface area contributed by atoms with Gasteiger partial charge in [0.1, 0.15) is 11.4 Å². The second-order valence-electron chi connectivity index (χ2n) is 7.28. The first-order valence-electron chi connectivity index (χ1n) is 8.78. The lowest BCUT2D eigenvalue weighted by atomic mass is 10.1. The fourth-order valence-corrected chi connectivity index (χ4v) is 3.03. The molecule has 0 radical (unpaired) electrons. The standard InChI is InChI=1S/C19H26N4O3/c1-19(2,3)26-18(24)23-11-9-22(10-12-23)15-13-20-21-17(15)14-7-5-6-8-16(14)25-4/h5-8,13H,9-12H2,1-4H3,(H,20,21). The highest BCUT2D eigenvalue weighted by Crippen LogP contribution is 2.35. The third-order valence-electron chi connectivity index (χ3n) is 4.27. The van der Waals surface area contributed by atoms with Crippen molar-refractivity contribution in [3.8, 4) is 17.0 Å². The number of hydrogen-bond acceptors (Lipinski definition) is 5. The maximum atomic E-state index is 12.2. The Balaban J connectivity index is 1.72. The Morgan fingerprint density at radius 2 is 1.85 bits per heavy atom. The van der Waals surface area contributed by atoms with Gasteiger partial charge < -0.3 is 19.3 Å².